The lowest BCUT2D eigenvalue weighted by molar-refractivity contribution is -0.385. The van der Waals surface area contributed by atoms with Crippen molar-refractivity contribution >= 4 is 17.5 Å². The van der Waals surface area contributed by atoms with Crippen molar-refractivity contribution in [3.8, 4) is 11.5 Å². The van der Waals surface area contributed by atoms with Crippen LogP contribution >= 0.6 is 0 Å². The van der Waals surface area contributed by atoms with Gasteiger partial charge in [-0.15, -0.1) is 0 Å². The Labute approximate surface area is 173 Å². The molecule has 2 amide bonds. The molecule has 2 aromatic rings. The lowest BCUT2D eigenvalue weighted by Crippen LogP contribution is -2.32. The number of nitro groups is 1. The number of hydrogen-bond acceptors (Lipinski definition) is 6. The second-order valence-corrected chi connectivity index (χ2v) is 7.16. The zero-order chi connectivity index (χ0) is 21.8. The minimum atomic E-state index is -0.626. The number of hydrogen-bond donors (Lipinski definition) is 1. The molecular formula is C21H23N3O6. The molecule has 0 spiro atoms. The first-order chi connectivity index (χ1) is 14.3. The molecule has 9 heteroatoms. The van der Waals surface area contributed by atoms with Gasteiger partial charge in [-0.25, -0.2) is 0 Å². The van der Waals surface area contributed by atoms with Crippen LogP contribution in [0, 0.1) is 10.1 Å². The molecule has 0 saturated carbocycles. The van der Waals surface area contributed by atoms with E-state index >= 15 is 0 Å². The van der Waals surface area contributed by atoms with E-state index in [1.54, 1.807) is 36.2 Å². The number of nitro benzene ring substituents is 1. The van der Waals surface area contributed by atoms with E-state index in [1.165, 1.54) is 12.1 Å². The summed E-state index contributed by atoms with van der Waals surface area (Å²) in [5, 5.41) is 14.1. The highest BCUT2D eigenvalue weighted by Gasteiger charge is 2.26. The van der Waals surface area contributed by atoms with E-state index in [1.807, 2.05) is 13.8 Å². The highest BCUT2D eigenvalue weighted by molar-refractivity contribution is 5.99. The van der Waals surface area contributed by atoms with Gasteiger partial charge in [-0.1, -0.05) is 12.1 Å². The van der Waals surface area contributed by atoms with E-state index in [9.17, 15) is 19.7 Å². The largest absolute Gasteiger partial charge is 0.486 e. The molecule has 1 N–H and O–H groups in total. The average Bonchev–Trinajstić information content (AvgIpc) is 2.75. The van der Waals surface area contributed by atoms with E-state index in [4.69, 9.17) is 9.47 Å². The van der Waals surface area contributed by atoms with Crippen molar-refractivity contribution in [1.82, 2.24) is 10.2 Å². The Morgan fingerprint density at radius 1 is 1.13 bits per heavy atom. The van der Waals surface area contributed by atoms with Crippen LogP contribution in [0.25, 0.3) is 0 Å². The minimum Gasteiger partial charge on any atom is -0.486 e. The molecule has 0 aromatic heterocycles. The molecule has 0 radical (unpaired) electrons. The Balaban J connectivity index is 1.71. The lowest BCUT2D eigenvalue weighted by atomic mass is 10.1. The smallest absolute Gasteiger partial charge is 0.286 e. The van der Waals surface area contributed by atoms with Crippen molar-refractivity contribution < 1.29 is 24.0 Å². The Kier molecular flexibility index (Phi) is 6.20. The predicted octanol–water partition coefficient (Wildman–Crippen LogP) is 2.78. The van der Waals surface area contributed by atoms with Gasteiger partial charge in [0.2, 0.25) is 0 Å². The number of benzene rings is 2. The molecule has 1 heterocycles. The Morgan fingerprint density at radius 3 is 2.30 bits per heavy atom. The molecule has 2 aromatic carbocycles. The van der Waals surface area contributed by atoms with Crippen LogP contribution in [0.5, 0.6) is 11.5 Å². The molecule has 0 saturated heterocycles. The van der Waals surface area contributed by atoms with Crippen molar-refractivity contribution in [2.75, 3.05) is 20.3 Å². The van der Waals surface area contributed by atoms with E-state index in [2.05, 4.69) is 5.32 Å². The third-order valence-electron chi connectivity index (χ3n) is 4.85. The fourth-order valence-corrected chi connectivity index (χ4v) is 2.89. The van der Waals surface area contributed by atoms with Gasteiger partial charge in [-0.3, -0.25) is 19.7 Å². The van der Waals surface area contributed by atoms with Gasteiger partial charge in [0.1, 0.15) is 18.8 Å². The van der Waals surface area contributed by atoms with Gasteiger partial charge < -0.3 is 19.7 Å². The first-order valence-corrected chi connectivity index (χ1v) is 9.50. The first-order valence-electron chi connectivity index (χ1n) is 9.50. The number of fused-ring (bicyclic) bond motifs is 1. The number of rotatable bonds is 6. The number of carbonyl (C=O) groups is 2. The zero-order valence-corrected chi connectivity index (χ0v) is 17.0. The number of ether oxygens (including phenoxy) is 2. The zero-order valence-electron chi connectivity index (χ0n) is 17.0. The summed E-state index contributed by atoms with van der Waals surface area (Å²) >= 11 is 0. The number of amides is 2. The maximum absolute atomic E-state index is 12.6. The van der Waals surface area contributed by atoms with Gasteiger partial charge in [0.15, 0.2) is 11.5 Å². The molecule has 30 heavy (non-hydrogen) atoms. The summed E-state index contributed by atoms with van der Waals surface area (Å²) in [6, 6.07) is 9.46. The fraction of sp³-hybridized carbons (Fsp3) is 0.333. The maximum Gasteiger partial charge on any atom is 0.286 e. The molecule has 1 aliphatic rings. The van der Waals surface area contributed by atoms with Gasteiger partial charge in [-0.05, 0) is 31.5 Å². The molecule has 158 valence electrons. The Bertz CT molecular complexity index is 971. The fourth-order valence-electron chi connectivity index (χ4n) is 2.89. The second kappa shape index (κ2) is 8.81. The van der Waals surface area contributed by atoms with Gasteiger partial charge in [0.25, 0.3) is 17.5 Å². The summed E-state index contributed by atoms with van der Waals surface area (Å²) in [5.41, 5.74) is 0.847. The summed E-state index contributed by atoms with van der Waals surface area (Å²) < 4.78 is 10.8. The molecule has 9 nitrogen and oxygen atoms in total. The third-order valence-corrected chi connectivity index (χ3v) is 4.85. The summed E-state index contributed by atoms with van der Waals surface area (Å²) in [5.74, 6) is -0.142. The summed E-state index contributed by atoms with van der Waals surface area (Å²) in [6.07, 6.45) is 0. The lowest BCUT2D eigenvalue weighted by Gasteiger charge is -2.21. The van der Waals surface area contributed by atoms with Crippen molar-refractivity contribution in [3.63, 3.8) is 0 Å². The molecule has 0 atom stereocenters. The predicted molar refractivity (Wildman–Crippen MR) is 109 cm³/mol. The van der Waals surface area contributed by atoms with Crippen molar-refractivity contribution in [2.45, 2.75) is 26.4 Å². The average molecular weight is 413 g/mol. The van der Waals surface area contributed by atoms with Crippen molar-refractivity contribution in [1.29, 1.82) is 0 Å². The summed E-state index contributed by atoms with van der Waals surface area (Å²) in [4.78, 5) is 37.3. The number of nitrogens with zero attached hydrogens (tertiary/aromatic N) is 2. The van der Waals surface area contributed by atoms with E-state index in [-0.39, 0.29) is 35.5 Å². The Morgan fingerprint density at radius 2 is 1.73 bits per heavy atom. The highest BCUT2D eigenvalue weighted by Crippen LogP contribution is 2.36. The van der Waals surface area contributed by atoms with Gasteiger partial charge in [0.05, 0.1) is 11.0 Å². The Hall–Kier alpha value is -3.62. The van der Waals surface area contributed by atoms with Gasteiger partial charge in [-0.2, -0.15) is 0 Å². The molecule has 1 aliphatic heterocycles. The summed E-state index contributed by atoms with van der Waals surface area (Å²) in [6.45, 7) is 4.61. The van der Waals surface area contributed by atoms with Crippen molar-refractivity contribution in [2.24, 2.45) is 0 Å². The van der Waals surface area contributed by atoms with Crippen LogP contribution in [0.15, 0.2) is 36.4 Å². The highest BCUT2D eigenvalue weighted by atomic mass is 16.6. The van der Waals surface area contributed by atoms with E-state index < -0.39 is 10.8 Å². The van der Waals surface area contributed by atoms with Crippen LogP contribution in [0.2, 0.25) is 0 Å². The number of carbonyl (C=O) groups excluding carboxylic acids is 2. The van der Waals surface area contributed by atoms with Crippen LogP contribution in [0.1, 0.15) is 40.1 Å². The molecule has 0 fully saturated rings. The SMILES string of the molecule is CC(C)N(C)C(=O)c1ccc(CNC(=O)c2cc3c(cc2[N+](=O)[O-])OCCO3)cc1. The van der Waals surface area contributed by atoms with E-state index in [0.717, 1.165) is 5.56 Å². The van der Waals surface area contributed by atoms with E-state index in [0.29, 0.717) is 24.5 Å². The summed E-state index contributed by atoms with van der Waals surface area (Å²) in [7, 11) is 1.74. The van der Waals surface area contributed by atoms with Gasteiger partial charge in [0, 0.05) is 31.3 Å². The second-order valence-electron chi connectivity index (χ2n) is 7.16. The maximum atomic E-state index is 12.6. The molecule has 0 bridgehead atoms. The molecule has 0 unspecified atom stereocenters. The third kappa shape index (κ3) is 4.51. The monoisotopic (exact) mass is 413 g/mol. The van der Waals surface area contributed by atoms with Crippen LogP contribution < -0.4 is 14.8 Å². The molecule has 0 aliphatic carbocycles. The van der Waals surface area contributed by atoms with Crippen LogP contribution in [0.4, 0.5) is 5.69 Å². The molecular weight excluding hydrogens is 390 g/mol. The minimum absolute atomic E-state index is 0.0817. The van der Waals surface area contributed by atoms with Crippen LogP contribution in [-0.2, 0) is 6.54 Å². The van der Waals surface area contributed by atoms with Crippen LogP contribution in [0.3, 0.4) is 0 Å². The number of nitrogens with one attached hydrogen (secondary N) is 1. The normalized spacial score (nSPS) is 12.4. The topological polar surface area (TPSA) is 111 Å². The standard InChI is InChI=1S/C21H23N3O6/c1-13(2)23(3)21(26)15-6-4-14(5-7-15)12-22-20(25)16-10-18-19(30-9-8-29-18)11-17(16)24(27)28/h4-7,10-11,13H,8-9,12H2,1-3H3,(H,22,25). The first kappa shape index (κ1) is 21.1. The quantitative estimate of drug-likeness (QED) is 0.576. The van der Waals surface area contributed by atoms with Crippen molar-refractivity contribution in [3.05, 3.63) is 63.2 Å². The van der Waals surface area contributed by atoms with Gasteiger partial charge >= 0.3 is 0 Å². The molecule has 3 rings (SSSR count). The van der Waals surface area contributed by atoms with Crippen LogP contribution in [-0.4, -0.2) is 47.9 Å².